The van der Waals surface area contributed by atoms with Crippen molar-refractivity contribution in [3.63, 3.8) is 0 Å². The third-order valence-corrected chi connectivity index (χ3v) is 5.85. The first-order valence-electron chi connectivity index (χ1n) is 9.02. The summed E-state index contributed by atoms with van der Waals surface area (Å²) < 4.78 is 30.1. The molecule has 0 unspecified atom stereocenters. The number of nitrogens with one attached hydrogen (secondary N) is 1. The van der Waals surface area contributed by atoms with Gasteiger partial charge in [0.15, 0.2) is 11.5 Å². The highest BCUT2D eigenvalue weighted by Gasteiger charge is 2.21. The molecule has 1 saturated heterocycles. The van der Waals surface area contributed by atoms with Crippen molar-refractivity contribution in [1.29, 1.82) is 0 Å². The summed E-state index contributed by atoms with van der Waals surface area (Å²) in [4.78, 5) is 18.8. The minimum atomic E-state index is -0.575. The number of pyridine rings is 1. The van der Waals surface area contributed by atoms with E-state index < -0.39 is 17.5 Å². The highest BCUT2D eigenvalue weighted by molar-refractivity contribution is 7.18. The highest BCUT2D eigenvalue weighted by Crippen LogP contribution is 2.31. The number of imidazole rings is 1. The molecule has 1 N–H and O–H groups in total. The van der Waals surface area contributed by atoms with E-state index in [1.807, 2.05) is 0 Å². The smallest absolute Gasteiger partial charge is 0.268 e. The number of amides is 1. The fraction of sp³-hybridized carbons (Fsp3) is 0.368. The highest BCUT2D eigenvalue weighted by atomic mass is 32.1. The molecule has 0 radical (unpaired) electrons. The first-order chi connectivity index (χ1) is 13.0. The molecule has 1 aliphatic heterocycles. The summed E-state index contributed by atoms with van der Waals surface area (Å²) in [7, 11) is 0. The summed E-state index contributed by atoms with van der Waals surface area (Å²) >= 11 is 1.14. The molecule has 3 aromatic rings. The molecule has 1 fully saturated rings. The van der Waals surface area contributed by atoms with Crippen molar-refractivity contribution >= 4 is 33.6 Å². The minimum Gasteiger partial charge on any atom is -0.363 e. The number of hydrogen-bond acceptors (Lipinski definition) is 4. The zero-order valence-corrected chi connectivity index (χ0v) is 15.8. The van der Waals surface area contributed by atoms with Crippen molar-refractivity contribution < 1.29 is 13.6 Å². The summed E-state index contributed by atoms with van der Waals surface area (Å²) in [5.74, 6) is -1.66. The monoisotopic (exact) mass is 390 g/mol. The Morgan fingerprint density at radius 1 is 1.11 bits per heavy atom. The second-order valence-corrected chi connectivity index (χ2v) is 7.84. The van der Waals surface area contributed by atoms with Crippen LogP contribution in [0.5, 0.6) is 0 Å². The average Bonchev–Trinajstić information content (AvgIpc) is 3.07. The number of aromatic nitrogens is 2. The number of hydrogen-bond donors (Lipinski definition) is 1. The van der Waals surface area contributed by atoms with Crippen molar-refractivity contribution in [1.82, 2.24) is 9.38 Å². The van der Waals surface area contributed by atoms with Gasteiger partial charge in [-0.2, -0.15) is 0 Å². The number of thiophene rings is 1. The Kier molecular flexibility index (Phi) is 4.82. The summed E-state index contributed by atoms with van der Waals surface area (Å²) in [6, 6.07) is 2.62. The maximum absolute atomic E-state index is 14.4. The number of carbonyl (C=O) groups excluding carboxylic acids is 1. The van der Waals surface area contributed by atoms with E-state index in [-0.39, 0.29) is 16.2 Å². The second-order valence-electron chi connectivity index (χ2n) is 6.81. The first kappa shape index (κ1) is 17.9. The van der Waals surface area contributed by atoms with E-state index in [0.717, 1.165) is 42.3 Å². The lowest BCUT2D eigenvalue weighted by Gasteiger charge is -2.19. The Labute approximate surface area is 159 Å². The molecule has 0 aromatic carbocycles. The van der Waals surface area contributed by atoms with Gasteiger partial charge in [0.2, 0.25) is 0 Å². The second kappa shape index (κ2) is 7.26. The molecule has 1 aliphatic rings. The van der Waals surface area contributed by atoms with Gasteiger partial charge in [-0.25, -0.2) is 13.8 Å². The van der Waals surface area contributed by atoms with Gasteiger partial charge >= 0.3 is 0 Å². The number of aryl methyl sites for hydroxylation is 1. The lowest BCUT2D eigenvalue weighted by molar-refractivity contribution is 0.102. The molecule has 0 atom stereocenters. The van der Waals surface area contributed by atoms with Gasteiger partial charge in [0.25, 0.3) is 5.91 Å². The van der Waals surface area contributed by atoms with Crippen LogP contribution in [0.4, 0.5) is 19.5 Å². The quantitative estimate of drug-likeness (QED) is 0.710. The van der Waals surface area contributed by atoms with E-state index in [2.05, 4.69) is 15.2 Å². The molecule has 1 amide bonds. The molecule has 3 aromatic heterocycles. The number of fused-ring (bicyclic) bond motifs is 1. The van der Waals surface area contributed by atoms with Gasteiger partial charge < -0.3 is 14.6 Å². The van der Waals surface area contributed by atoms with Crippen molar-refractivity contribution in [2.24, 2.45) is 0 Å². The number of halogens is 2. The molecule has 142 valence electrons. The Morgan fingerprint density at radius 3 is 2.59 bits per heavy atom. The average molecular weight is 390 g/mol. The summed E-state index contributed by atoms with van der Waals surface area (Å²) in [6.45, 7) is 3.52. The van der Waals surface area contributed by atoms with Crippen LogP contribution < -0.4 is 10.2 Å². The summed E-state index contributed by atoms with van der Waals surface area (Å²) in [6.07, 6.45) is 7.74. The van der Waals surface area contributed by atoms with Crippen LogP contribution in [0, 0.1) is 18.6 Å². The third kappa shape index (κ3) is 3.66. The zero-order chi connectivity index (χ0) is 19.0. The van der Waals surface area contributed by atoms with E-state index >= 15 is 0 Å². The van der Waals surface area contributed by atoms with E-state index in [0.29, 0.717) is 5.69 Å². The summed E-state index contributed by atoms with van der Waals surface area (Å²) in [5.41, 5.74) is 1.12. The maximum Gasteiger partial charge on any atom is 0.268 e. The third-order valence-electron chi connectivity index (χ3n) is 4.68. The van der Waals surface area contributed by atoms with Gasteiger partial charge in [-0.3, -0.25) is 4.79 Å². The molecule has 4 heterocycles. The van der Waals surface area contributed by atoms with Gasteiger partial charge in [-0.15, -0.1) is 11.3 Å². The van der Waals surface area contributed by atoms with Crippen LogP contribution >= 0.6 is 11.3 Å². The largest absolute Gasteiger partial charge is 0.363 e. The topological polar surface area (TPSA) is 49.6 Å². The Hall–Kier alpha value is -2.48. The first-order valence-corrected chi connectivity index (χ1v) is 9.83. The molecule has 0 saturated carbocycles. The molecule has 4 rings (SSSR count). The molecule has 27 heavy (non-hydrogen) atoms. The van der Waals surface area contributed by atoms with Crippen LogP contribution in [-0.2, 0) is 0 Å². The maximum atomic E-state index is 14.4. The predicted octanol–water partition coefficient (Wildman–Crippen LogP) is 4.62. The number of nitrogens with zero attached hydrogens (tertiary/aromatic N) is 3. The van der Waals surface area contributed by atoms with Gasteiger partial charge in [-0.05, 0) is 19.8 Å². The van der Waals surface area contributed by atoms with Crippen molar-refractivity contribution in [2.75, 3.05) is 23.3 Å². The molecule has 8 heteroatoms. The Morgan fingerprint density at radius 2 is 1.85 bits per heavy atom. The van der Waals surface area contributed by atoms with Crippen molar-refractivity contribution in [2.45, 2.75) is 32.6 Å². The van der Waals surface area contributed by atoms with Crippen LogP contribution in [-0.4, -0.2) is 28.4 Å². The molecule has 0 bridgehead atoms. The molecule has 5 nitrogen and oxygen atoms in total. The molecular formula is C19H20F2N4OS. The van der Waals surface area contributed by atoms with E-state index in [9.17, 15) is 13.6 Å². The standard InChI is InChI=1S/C19H20F2N4OS/c1-12-10-25-11-13(8-15(21)18(25)22-12)23-19(26)17-14(20)9-16(27-17)24-6-4-2-3-5-7-24/h8-11H,2-7H2,1H3,(H,23,26). The normalized spacial score (nSPS) is 15.1. The van der Waals surface area contributed by atoms with E-state index in [4.69, 9.17) is 0 Å². The lowest BCUT2D eigenvalue weighted by Crippen LogP contribution is -2.22. The minimum absolute atomic E-state index is 0.0107. The lowest BCUT2D eigenvalue weighted by atomic mass is 10.2. The number of rotatable bonds is 3. The van der Waals surface area contributed by atoms with Crippen LogP contribution in [0.25, 0.3) is 5.65 Å². The SMILES string of the molecule is Cc1cn2cc(NC(=O)c3sc(N4CCCCCC4)cc3F)cc(F)c2n1. The Bertz CT molecular complexity index is 989. The van der Waals surface area contributed by atoms with Crippen LogP contribution in [0.15, 0.2) is 24.5 Å². The fourth-order valence-electron chi connectivity index (χ4n) is 3.39. The van der Waals surface area contributed by atoms with Crippen molar-refractivity contribution in [3.8, 4) is 0 Å². The van der Waals surface area contributed by atoms with Gasteiger partial charge in [0.1, 0.15) is 10.7 Å². The van der Waals surface area contributed by atoms with Crippen LogP contribution in [0.2, 0.25) is 0 Å². The zero-order valence-electron chi connectivity index (χ0n) is 15.0. The van der Waals surface area contributed by atoms with Crippen molar-refractivity contribution in [3.05, 3.63) is 46.7 Å². The summed E-state index contributed by atoms with van der Waals surface area (Å²) in [5, 5.41) is 3.36. The van der Waals surface area contributed by atoms with Crippen LogP contribution in [0.1, 0.15) is 41.0 Å². The van der Waals surface area contributed by atoms with Crippen LogP contribution in [0.3, 0.4) is 0 Å². The fourth-order valence-corrected chi connectivity index (χ4v) is 4.38. The Balaban J connectivity index is 1.56. The molecule has 0 aliphatic carbocycles. The molecule has 0 spiro atoms. The van der Waals surface area contributed by atoms with Gasteiger partial charge in [-0.1, -0.05) is 12.8 Å². The number of carbonyl (C=O) groups is 1. The van der Waals surface area contributed by atoms with Gasteiger partial charge in [0, 0.05) is 37.6 Å². The van der Waals surface area contributed by atoms with Gasteiger partial charge in [0.05, 0.1) is 16.4 Å². The van der Waals surface area contributed by atoms with E-state index in [1.54, 1.807) is 19.3 Å². The predicted molar refractivity (Wildman–Crippen MR) is 103 cm³/mol. The number of anilines is 2. The van der Waals surface area contributed by atoms with E-state index in [1.165, 1.54) is 29.4 Å². The molecular weight excluding hydrogens is 370 g/mol.